The Morgan fingerprint density at radius 3 is 2.65 bits per heavy atom. The quantitative estimate of drug-likeness (QED) is 0.737. The number of ether oxygens (including phenoxy) is 1. The van der Waals surface area contributed by atoms with Crippen molar-refractivity contribution >= 4 is 5.97 Å². The van der Waals surface area contributed by atoms with Crippen LogP contribution in [0.15, 0.2) is 0 Å². The molecule has 0 radical (unpaired) electrons. The molecule has 4 nitrogen and oxygen atoms in total. The second-order valence-electron chi connectivity index (χ2n) is 6.06. The number of nitrogens with two attached hydrogens (primary N) is 1. The summed E-state index contributed by atoms with van der Waals surface area (Å²) in [6.45, 7) is 7.78. The zero-order valence-electron chi connectivity index (χ0n) is 11.5. The highest BCUT2D eigenvalue weighted by Crippen LogP contribution is 2.17. The van der Waals surface area contributed by atoms with Crippen LogP contribution in [0.3, 0.4) is 0 Å². The molecule has 3 N–H and O–H groups in total. The standard InChI is InChI=1S/C13H26N2O2/c1-9-6-5-7-11(15-9)10(14)8-12(16)17-13(2,3)4/h9-11,15H,5-8,14H2,1-4H3. The van der Waals surface area contributed by atoms with E-state index in [4.69, 9.17) is 10.5 Å². The molecular weight excluding hydrogens is 216 g/mol. The van der Waals surface area contributed by atoms with Gasteiger partial charge >= 0.3 is 5.97 Å². The Morgan fingerprint density at radius 1 is 1.47 bits per heavy atom. The molecule has 3 atom stereocenters. The van der Waals surface area contributed by atoms with Crippen LogP contribution >= 0.6 is 0 Å². The first kappa shape index (κ1) is 14.5. The molecule has 1 fully saturated rings. The highest BCUT2D eigenvalue weighted by Gasteiger charge is 2.26. The summed E-state index contributed by atoms with van der Waals surface area (Å²) in [6, 6.07) is 0.595. The second-order valence-corrected chi connectivity index (χ2v) is 6.06. The predicted octanol–water partition coefficient (Wildman–Crippen LogP) is 1.58. The maximum Gasteiger partial charge on any atom is 0.307 e. The van der Waals surface area contributed by atoms with E-state index in [9.17, 15) is 4.79 Å². The summed E-state index contributed by atoms with van der Waals surface area (Å²) in [5.41, 5.74) is 5.64. The van der Waals surface area contributed by atoms with E-state index in [1.807, 2.05) is 20.8 Å². The van der Waals surface area contributed by atoms with Gasteiger partial charge in [-0.1, -0.05) is 6.42 Å². The molecule has 0 aromatic carbocycles. The van der Waals surface area contributed by atoms with E-state index in [0.717, 1.165) is 6.42 Å². The second kappa shape index (κ2) is 5.83. The average Bonchev–Trinajstić information content (AvgIpc) is 2.14. The van der Waals surface area contributed by atoms with E-state index in [1.165, 1.54) is 12.8 Å². The first-order chi connectivity index (χ1) is 7.78. The van der Waals surface area contributed by atoms with E-state index in [0.29, 0.717) is 12.5 Å². The molecular formula is C13H26N2O2. The van der Waals surface area contributed by atoms with Gasteiger partial charge in [-0.2, -0.15) is 0 Å². The van der Waals surface area contributed by atoms with Gasteiger partial charge in [0.1, 0.15) is 5.60 Å². The third-order valence-electron chi connectivity index (χ3n) is 2.99. The predicted molar refractivity (Wildman–Crippen MR) is 68.7 cm³/mol. The van der Waals surface area contributed by atoms with Crippen molar-refractivity contribution in [2.45, 2.75) is 77.1 Å². The lowest BCUT2D eigenvalue weighted by atomic mass is 9.93. The van der Waals surface area contributed by atoms with Gasteiger partial charge in [-0.3, -0.25) is 4.79 Å². The summed E-state index contributed by atoms with van der Waals surface area (Å²) in [6.07, 6.45) is 3.71. The normalized spacial score (nSPS) is 27.6. The lowest BCUT2D eigenvalue weighted by Gasteiger charge is -2.33. The van der Waals surface area contributed by atoms with Gasteiger partial charge in [0.2, 0.25) is 0 Å². The Kier molecular flexibility index (Phi) is 4.95. The lowest BCUT2D eigenvalue weighted by molar-refractivity contribution is -0.155. The first-order valence-corrected chi connectivity index (χ1v) is 6.51. The van der Waals surface area contributed by atoms with Crippen molar-refractivity contribution in [1.29, 1.82) is 0 Å². The van der Waals surface area contributed by atoms with Gasteiger partial charge in [0.05, 0.1) is 6.42 Å². The highest BCUT2D eigenvalue weighted by atomic mass is 16.6. The minimum Gasteiger partial charge on any atom is -0.460 e. The smallest absolute Gasteiger partial charge is 0.307 e. The van der Waals surface area contributed by atoms with E-state index in [2.05, 4.69) is 12.2 Å². The van der Waals surface area contributed by atoms with E-state index < -0.39 is 5.60 Å². The van der Waals surface area contributed by atoms with Crippen LogP contribution in [0, 0.1) is 0 Å². The van der Waals surface area contributed by atoms with Gasteiger partial charge < -0.3 is 15.8 Å². The Hall–Kier alpha value is -0.610. The fraction of sp³-hybridized carbons (Fsp3) is 0.923. The molecule has 0 bridgehead atoms. The molecule has 3 unspecified atom stereocenters. The molecule has 0 spiro atoms. The van der Waals surface area contributed by atoms with Gasteiger partial charge in [0.25, 0.3) is 0 Å². The lowest BCUT2D eigenvalue weighted by Crippen LogP contribution is -2.52. The number of hydrogen-bond donors (Lipinski definition) is 2. The number of nitrogens with one attached hydrogen (secondary N) is 1. The minimum absolute atomic E-state index is 0.146. The van der Waals surface area contributed by atoms with Gasteiger partial charge in [-0.05, 0) is 40.5 Å². The molecule has 0 aromatic rings. The molecule has 0 aliphatic carbocycles. The largest absolute Gasteiger partial charge is 0.460 e. The van der Waals surface area contributed by atoms with E-state index in [1.54, 1.807) is 0 Å². The van der Waals surface area contributed by atoms with Crippen molar-refractivity contribution in [3.8, 4) is 0 Å². The summed E-state index contributed by atoms with van der Waals surface area (Å²) in [5.74, 6) is -0.204. The van der Waals surface area contributed by atoms with Gasteiger partial charge in [0, 0.05) is 18.1 Å². The molecule has 17 heavy (non-hydrogen) atoms. The number of hydrogen-bond acceptors (Lipinski definition) is 4. The summed E-state index contributed by atoms with van der Waals surface area (Å²) in [7, 11) is 0. The van der Waals surface area contributed by atoms with Gasteiger partial charge in [-0.25, -0.2) is 0 Å². The number of carbonyl (C=O) groups excluding carboxylic acids is 1. The van der Waals surface area contributed by atoms with Crippen molar-refractivity contribution in [2.24, 2.45) is 5.73 Å². The Labute approximate surface area is 104 Å². The fourth-order valence-electron chi connectivity index (χ4n) is 2.23. The van der Waals surface area contributed by atoms with Crippen LogP contribution in [0.5, 0.6) is 0 Å². The molecule has 4 heteroatoms. The molecule has 0 amide bonds. The monoisotopic (exact) mass is 242 g/mol. The Bertz CT molecular complexity index is 261. The van der Waals surface area contributed by atoms with Crippen LogP contribution in [0.4, 0.5) is 0 Å². The minimum atomic E-state index is -0.426. The number of carbonyl (C=O) groups is 1. The van der Waals surface area contributed by atoms with E-state index >= 15 is 0 Å². The Balaban J connectivity index is 2.37. The molecule has 0 aromatic heterocycles. The van der Waals surface area contributed by atoms with Crippen LogP contribution in [-0.2, 0) is 9.53 Å². The summed E-state index contributed by atoms with van der Waals surface area (Å²) in [4.78, 5) is 11.7. The Morgan fingerprint density at radius 2 is 2.12 bits per heavy atom. The molecule has 1 aliphatic heterocycles. The number of esters is 1. The van der Waals surface area contributed by atoms with Crippen LogP contribution < -0.4 is 11.1 Å². The van der Waals surface area contributed by atoms with E-state index in [-0.39, 0.29) is 18.1 Å². The van der Waals surface area contributed by atoms with Crippen LogP contribution in [-0.4, -0.2) is 29.7 Å². The molecule has 1 saturated heterocycles. The zero-order valence-corrected chi connectivity index (χ0v) is 11.5. The zero-order chi connectivity index (χ0) is 13.1. The topological polar surface area (TPSA) is 64.4 Å². The molecule has 1 aliphatic rings. The SMILES string of the molecule is CC1CCCC(C(N)CC(=O)OC(C)(C)C)N1. The molecule has 1 heterocycles. The fourth-order valence-corrected chi connectivity index (χ4v) is 2.23. The number of rotatable bonds is 3. The highest BCUT2D eigenvalue weighted by molar-refractivity contribution is 5.70. The first-order valence-electron chi connectivity index (χ1n) is 6.51. The van der Waals surface area contributed by atoms with Crippen molar-refractivity contribution in [2.75, 3.05) is 0 Å². The van der Waals surface area contributed by atoms with Crippen LogP contribution in [0.25, 0.3) is 0 Å². The van der Waals surface area contributed by atoms with Crippen molar-refractivity contribution in [3.05, 3.63) is 0 Å². The number of piperidine rings is 1. The van der Waals surface area contributed by atoms with Gasteiger partial charge in [-0.15, -0.1) is 0 Å². The molecule has 100 valence electrons. The maximum absolute atomic E-state index is 11.7. The van der Waals surface area contributed by atoms with Crippen LogP contribution in [0.2, 0.25) is 0 Å². The summed E-state index contributed by atoms with van der Waals surface area (Å²) in [5, 5.41) is 3.45. The van der Waals surface area contributed by atoms with Gasteiger partial charge in [0.15, 0.2) is 0 Å². The maximum atomic E-state index is 11.7. The average molecular weight is 242 g/mol. The molecule has 1 rings (SSSR count). The van der Waals surface area contributed by atoms with Crippen molar-refractivity contribution < 1.29 is 9.53 Å². The summed E-state index contributed by atoms with van der Waals surface area (Å²) < 4.78 is 5.28. The van der Waals surface area contributed by atoms with Crippen LogP contribution in [0.1, 0.15) is 53.4 Å². The molecule has 0 saturated carbocycles. The third kappa shape index (κ3) is 5.50. The van der Waals surface area contributed by atoms with Crippen molar-refractivity contribution in [3.63, 3.8) is 0 Å². The third-order valence-corrected chi connectivity index (χ3v) is 2.99. The summed E-state index contributed by atoms with van der Waals surface area (Å²) >= 11 is 0. The van der Waals surface area contributed by atoms with Crippen molar-refractivity contribution in [1.82, 2.24) is 5.32 Å².